The van der Waals surface area contributed by atoms with Crippen LogP contribution in [-0.2, 0) is 0 Å². The zero-order valence-electron chi connectivity index (χ0n) is 9.35. The van der Waals surface area contributed by atoms with Crippen molar-refractivity contribution in [3.8, 4) is 0 Å². The Bertz CT molecular complexity index is 325. The van der Waals surface area contributed by atoms with Crippen LogP contribution in [0.4, 0.5) is 4.39 Å². The quantitative estimate of drug-likeness (QED) is 0.832. The van der Waals surface area contributed by atoms with Crippen molar-refractivity contribution in [2.24, 2.45) is 0 Å². The topological polar surface area (TPSA) is 12.0 Å². The molecule has 1 N–H and O–H groups in total. The lowest BCUT2D eigenvalue weighted by atomic mass is 10.0. The van der Waals surface area contributed by atoms with E-state index >= 15 is 0 Å². The molecule has 0 heterocycles. The average molecular weight is 230 g/mol. The molecule has 1 aromatic carbocycles. The smallest absolute Gasteiger partial charge is 0.141 e. The van der Waals surface area contributed by atoms with Crippen molar-refractivity contribution < 1.29 is 4.39 Å². The van der Waals surface area contributed by atoms with Crippen LogP contribution in [0.1, 0.15) is 32.3 Å². The number of hydrogen-bond acceptors (Lipinski definition) is 1. The van der Waals surface area contributed by atoms with E-state index in [0.717, 1.165) is 12.1 Å². The fourth-order valence-electron chi connectivity index (χ4n) is 1.35. The van der Waals surface area contributed by atoms with Crippen LogP contribution in [0.2, 0.25) is 5.02 Å². The lowest BCUT2D eigenvalue weighted by molar-refractivity contribution is 0.547. The van der Waals surface area contributed by atoms with Gasteiger partial charge in [0.05, 0.1) is 5.02 Å². The van der Waals surface area contributed by atoms with Gasteiger partial charge in [0.2, 0.25) is 0 Å². The molecule has 0 saturated heterocycles. The van der Waals surface area contributed by atoms with Crippen molar-refractivity contribution in [3.05, 3.63) is 34.6 Å². The molecule has 1 rings (SSSR count). The lowest BCUT2D eigenvalue weighted by Crippen LogP contribution is -2.26. The fourth-order valence-corrected chi connectivity index (χ4v) is 1.54. The molecule has 0 bridgehead atoms. The SMILES string of the molecule is CC(C)NCC(C)c1ccc(F)c(Cl)c1. The summed E-state index contributed by atoms with van der Waals surface area (Å²) < 4.78 is 12.9. The van der Waals surface area contributed by atoms with E-state index in [9.17, 15) is 4.39 Å². The minimum Gasteiger partial charge on any atom is -0.314 e. The van der Waals surface area contributed by atoms with E-state index in [2.05, 4.69) is 26.1 Å². The van der Waals surface area contributed by atoms with Crippen molar-refractivity contribution in [1.82, 2.24) is 5.32 Å². The van der Waals surface area contributed by atoms with E-state index in [4.69, 9.17) is 11.6 Å². The molecule has 15 heavy (non-hydrogen) atoms. The van der Waals surface area contributed by atoms with Crippen LogP contribution < -0.4 is 5.32 Å². The van der Waals surface area contributed by atoms with E-state index in [1.165, 1.54) is 6.07 Å². The van der Waals surface area contributed by atoms with Gasteiger partial charge in [-0.15, -0.1) is 0 Å². The zero-order valence-corrected chi connectivity index (χ0v) is 10.1. The van der Waals surface area contributed by atoms with Crippen LogP contribution in [0, 0.1) is 5.82 Å². The molecule has 0 radical (unpaired) electrons. The summed E-state index contributed by atoms with van der Waals surface area (Å²) in [4.78, 5) is 0. The normalized spacial score (nSPS) is 13.2. The Hall–Kier alpha value is -0.600. The molecule has 0 fully saturated rings. The van der Waals surface area contributed by atoms with Gasteiger partial charge in [-0.05, 0) is 23.6 Å². The molecule has 0 aliphatic rings. The van der Waals surface area contributed by atoms with E-state index < -0.39 is 0 Å². The molecule has 0 spiro atoms. The molecule has 0 aliphatic carbocycles. The highest BCUT2D eigenvalue weighted by atomic mass is 35.5. The second-order valence-corrected chi connectivity index (χ2v) is 4.54. The van der Waals surface area contributed by atoms with E-state index in [0.29, 0.717) is 12.0 Å². The molecule has 0 aromatic heterocycles. The third-order valence-electron chi connectivity index (χ3n) is 2.34. The first kappa shape index (κ1) is 12.5. The van der Waals surface area contributed by atoms with Gasteiger partial charge in [0, 0.05) is 12.6 Å². The highest BCUT2D eigenvalue weighted by molar-refractivity contribution is 6.30. The Labute approximate surface area is 95.6 Å². The highest BCUT2D eigenvalue weighted by Crippen LogP contribution is 2.21. The predicted octanol–water partition coefficient (Wildman–Crippen LogP) is 3.58. The van der Waals surface area contributed by atoms with E-state index in [1.54, 1.807) is 12.1 Å². The highest BCUT2D eigenvalue weighted by Gasteiger charge is 2.08. The molecule has 1 aromatic rings. The van der Waals surface area contributed by atoms with Crippen LogP contribution in [0.15, 0.2) is 18.2 Å². The Balaban J connectivity index is 2.65. The summed E-state index contributed by atoms with van der Waals surface area (Å²) in [5.41, 5.74) is 1.06. The summed E-state index contributed by atoms with van der Waals surface area (Å²) in [5, 5.41) is 3.54. The van der Waals surface area contributed by atoms with Gasteiger partial charge in [-0.3, -0.25) is 0 Å². The molecule has 1 unspecified atom stereocenters. The summed E-state index contributed by atoms with van der Waals surface area (Å²) in [6, 6.07) is 5.37. The molecule has 3 heteroatoms. The van der Waals surface area contributed by atoms with Crippen molar-refractivity contribution in [2.75, 3.05) is 6.54 Å². The first-order valence-corrected chi connectivity index (χ1v) is 5.57. The van der Waals surface area contributed by atoms with Crippen molar-refractivity contribution >= 4 is 11.6 Å². The first-order valence-electron chi connectivity index (χ1n) is 5.19. The zero-order chi connectivity index (χ0) is 11.4. The van der Waals surface area contributed by atoms with Gasteiger partial charge in [-0.1, -0.05) is 38.4 Å². The number of benzene rings is 1. The maximum absolute atomic E-state index is 12.9. The van der Waals surface area contributed by atoms with Gasteiger partial charge in [-0.25, -0.2) is 4.39 Å². The number of nitrogens with one attached hydrogen (secondary N) is 1. The predicted molar refractivity (Wildman–Crippen MR) is 63.0 cm³/mol. The Morgan fingerprint density at radius 3 is 2.53 bits per heavy atom. The third-order valence-corrected chi connectivity index (χ3v) is 2.63. The van der Waals surface area contributed by atoms with Gasteiger partial charge in [0.15, 0.2) is 0 Å². The van der Waals surface area contributed by atoms with Crippen molar-refractivity contribution in [1.29, 1.82) is 0 Å². The van der Waals surface area contributed by atoms with Gasteiger partial charge < -0.3 is 5.32 Å². The third kappa shape index (κ3) is 3.80. The van der Waals surface area contributed by atoms with E-state index in [-0.39, 0.29) is 10.8 Å². The molecular formula is C12H17ClFN. The monoisotopic (exact) mass is 229 g/mol. The Morgan fingerprint density at radius 1 is 1.33 bits per heavy atom. The van der Waals surface area contributed by atoms with Gasteiger partial charge in [0.1, 0.15) is 5.82 Å². The minimum absolute atomic E-state index is 0.198. The van der Waals surface area contributed by atoms with Gasteiger partial charge >= 0.3 is 0 Å². The Morgan fingerprint density at radius 2 is 2.00 bits per heavy atom. The summed E-state index contributed by atoms with van der Waals surface area (Å²) in [6.07, 6.45) is 0. The van der Waals surface area contributed by atoms with Crippen LogP contribution in [0.25, 0.3) is 0 Å². The van der Waals surface area contributed by atoms with Crippen LogP contribution in [-0.4, -0.2) is 12.6 Å². The Kier molecular flexibility index (Phi) is 4.55. The van der Waals surface area contributed by atoms with Crippen molar-refractivity contribution in [2.45, 2.75) is 32.7 Å². The van der Waals surface area contributed by atoms with Crippen LogP contribution in [0.5, 0.6) is 0 Å². The molecule has 1 nitrogen and oxygen atoms in total. The second-order valence-electron chi connectivity index (χ2n) is 4.14. The summed E-state index contributed by atoms with van der Waals surface area (Å²) in [7, 11) is 0. The molecule has 0 saturated carbocycles. The molecule has 0 amide bonds. The fraction of sp³-hybridized carbons (Fsp3) is 0.500. The van der Waals surface area contributed by atoms with E-state index in [1.807, 2.05) is 0 Å². The minimum atomic E-state index is -0.357. The molecule has 0 aliphatic heterocycles. The molecule has 84 valence electrons. The lowest BCUT2D eigenvalue weighted by Gasteiger charge is -2.15. The maximum Gasteiger partial charge on any atom is 0.141 e. The summed E-state index contributed by atoms with van der Waals surface area (Å²) >= 11 is 5.73. The maximum atomic E-state index is 12.9. The standard InChI is InChI=1S/C12H17ClFN/c1-8(2)15-7-9(3)10-4-5-12(14)11(13)6-10/h4-6,8-9,15H,7H2,1-3H3. The summed E-state index contributed by atoms with van der Waals surface area (Å²) in [6.45, 7) is 7.17. The van der Waals surface area contributed by atoms with Gasteiger partial charge in [-0.2, -0.15) is 0 Å². The molecular weight excluding hydrogens is 213 g/mol. The second kappa shape index (κ2) is 5.47. The largest absolute Gasteiger partial charge is 0.314 e. The first-order chi connectivity index (χ1) is 7.00. The van der Waals surface area contributed by atoms with Gasteiger partial charge in [0.25, 0.3) is 0 Å². The van der Waals surface area contributed by atoms with Crippen LogP contribution >= 0.6 is 11.6 Å². The van der Waals surface area contributed by atoms with Crippen LogP contribution in [0.3, 0.4) is 0 Å². The summed E-state index contributed by atoms with van der Waals surface area (Å²) in [5.74, 6) is -0.0186. The van der Waals surface area contributed by atoms with Crippen molar-refractivity contribution in [3.63, 3.8) is 0 Å². The number of hydrogen-bond donors (Lipinski definition) is 1. The average Bonchev–Trinajstić information content (AvgIpc) is 2.18. The number of rotatable bonds is 4. The molecule has 1 atom stereocenters. The number of halogens is 2.